The van der Waals surface area contributed by atoms with Gasteiger partial charge >= 0.3 is 0 Å². The minimum absolute atomic E-state index is 0.0521. The average molecular weight is 210 g/mol. The fourth-order valence-corrected chi connectivity index (χ4v) is 2.17. The summed E-state index contributed by atoms with van der Waals surface area (Å²) in [5.41, 5.74) is 1.82. The molecule has 3 heteroatoms. The zero-order chi connectivity index (χ0) is 10.3. The number of anilines is 1. The molecule has 2 rings (SSSR count). The third-order valence-corrected chi connectivity index (χ3v) is 2.89. The molecule has 1 unspecified atom stereocenters. The maximum absolute atomic E-state index is 11.7. The molecule has 1 N–H and O–H groups in total. The van der Waals surface area contributed by atoms with Gasteiger partial charge in [-0.1, -0.05) is 37.6 Å². The fourth-order valence-electron chi connectivity index (χ4n) is 1.94. The van der Waals surface area contributed by atoms with Gasteiger partial charge in [-0.25, -0.2) is 0 Å². The van der Waals surface area contributed by atoms with Crippen molar-refractivity contribution in [2.24, 2.45) is 5.92 Å². The Balaban J connectivity index is 2.53. The smallest absolute Gasteiger partial charge is 0.232 e. The van der Waals surface area contributed by atoms with E-state index in [1.54, 1.807) is 6.07 Å². The number of hydrogen-bond donors (Lipinski definition) is 1. The van der Waals surface area contributed by atoms with E-state index in [2.05, 4.69) is 5.32 Å². The van der Waals surface area contributed by atoms with Crippen LogP contribution in [-0.2, 0) is 4.79 Å². The molecule has 1 aliphatic heterocycles. The monoisotopic (exact) mass is 209 g/mol. The lowest BCUT2D eigenvalue weighted by atomic mass is 9.90. The van der Waals surface area contributed by atoms with E-state index < -0.39 is 0 Å². The maximum atomic E-state index is 11.7. The van der Waals surface area contributed by atoms with Crippen LogP contribution in [0.2, 0.25) is 5.02 Å². The van der Waals surface area contributed by atoms with E-state index >= 15 is 0 Å². The Bertz CT molecular complexity index is 387. The number of fused-ring (bicyclic) bond motifs is 1. The van der Waals surface area contributed by atoms with Crippen LogP contribution in [0.1, 0.15) is 25.3 Å². The van der Waals surface area contributed by atoms with Crippen molar-refractivity contribution >= 4 is 23.2 Å². The van der Waals surface area contributed by atoms with E-state index in [-0.39, 0.29) is 11.8 Å². The molecular weight excluding hydrogens is 198 g/mol. The van der Waals surface area contributed by atoms with Crippen LogP contribution in [0.4, 0.5) is 5.69 Å². The van der Waals surface area contributed by atoms with E-state index in [0.717, 1.165) is 11.3 Å². The van der Waals surface area contributed by atoms with Crippen LogP contribution in [0.25, 0.3) is 0 Å². The van der Waals surface area contributed by atoms with Gasteiger partial charge in [-0.05, 0) is 17.5 Å². The zero-order valence-electron chi connectivity index (χ0n) is 8.17. The largest absolute Gasteiger partial charge is 0.324 e. The number of benzene rings is 1. The first-order valence-corrected chi connectivity index (χ1v) is 5.08. The fraction of sp³-hybridized carbons (Fsp3) is 0.364. The first kappa shape index (κ1) is 9.53. The molecule has 0 bridgehead atoms. The van der Waals surface area contributed by atoms with Crippen molar-refractivity contribution in [3.63, 3.8) is 0 Å². The minimum Gasteiger partial charge on any atom is -0.324 e. The quantitative estimate of drug-likeness (QED) is 0.757. The van der Waals surface area contributed by atoms with E-state index in [1.807, 2.05) is 26.0 Å². The summed E-state index contributed by atoms with van der Waals surface area (Å²) < 4.78 is 0. The lowest BCUT2D eigenvalue weighted by Gasteiger charge is -2.12. The Morgan fingerprint density at radius 1 is 1.43 bits per heavy atom. The van der Waals surface area contributed by atoms with Crippen molar-refractivity contribution in [2.45, 2.75) is 19.8 Å². The van der Waals surface area contributed by atoms with Gasteiger partial charge in [0, 0.05) is 0 Å². The van der Waals surface area contributed by atoms with Crippen molar-refractivity contribution in [1.29, 1.82) is 0 Å². The second-order valence-corrected chi connectivity index (χ2v) is 4.32. The summed E-state index contributed by atoms with van der Waals surface area (Å²) >= 11 is 5.99. The predicted octanol–water partition coefficient (Wildman–Crippen LogP) is 3.03. The van der Waals surface area contributed by atoms with E-state index in [4.69, 9.17) is 11.6 Å². The van der Waals surface area contributed by atoms with Crippen LogP contribution in [-0.4, -0.2) is 5.91 Å². The van der Waals surface area contributed by atoms with Crippen LogP contribution >= 0.6 is 11.6 Å². The molecule has 0 aliphatic carbocycles. The van der Waals surface area contributed by atoms with Crippen LogP contribution in [0.3, 0.4) is 0 Å². The molecule has 0 aromatic heterocycles. The van der Waals surface area contributed by atoms with Crippen molar-refractivity contribution in [3.8, 4) is 0 Å². The van der Waals surface area contributed by atoms with E-state index in [9.17, 15) is 4.79 Å². The molecule has 0 radical (unpaired) electrons. The Kier molecular flexibility index (Phi) is 2.23. The van der Waals surface area contributed by atoms with Gasteiger partial charge in [0.1, 0.15) is 0 Å². The number of nitrogens with one attached hydrogen (secondary N) is 1. The molecule has 0 saturated carbocycles. The summed E-state index contributed by atoms with van der Waals surface area (Å²) in [6.45, 7) is 4.08. The van der Waals surface area contributed by atoms with Gasteiger partial charge in [-0.15, -0.1) is 0 Å². The minimum atomic E-state index is -0.0521. The van der Waals surface area contributed by atoms with Gasteiger partial charge in [-0.2, -0.15) is 0 Å². The summed E-state index contributed by atoms with van der Waals surface area (Å²) in [6.07, 6.45) is 0. The number of hydrogen-bond acceptors (Lipinski definition) is 1. The second-order valence-electron chi connectivity index (χ2n) is 3.92. The molecule has 0 spiro atoms. The highest BCUT2D eigenvalue weighted by atomic mass is 35.5. The molecule has 1 aromatic carbocycles. The SMILES string of the molecule is CC(C)C1C(=O)Nc2c(Cl)cccc21. The van der Waals surface area contributed by atoms with Crippen LogP contribution in [0, 0.1) is 5.92 Å². The zero-order valence-corrected chi connectivity index (χ0v) is 8.93. The number of carbonyl (C=O) groups excluding carboxylic acids is 1. The molecule has 1 aromatic rings. The molecule has 0 saturated heterocycles. The highest BCUT2D eigenvalue weighted by Crippen LogP contribution is 2.40. The lowest BCUT2D eigenvalue weighted by molar-refractivity contribution is -0.117. The summed E-state index contributed by atoms with van der Waals surface area (Å²) in [5.74, 6) is 0.307. The lowest BCUT2D eigenvalue weighted by Crippen LogP contribution is -2.16. The molecular formula is C11H12ClNO. The third kappa shape index (κ3) is 1.30. The predicted molar refractivity (Wildman–Crippen MR) is 57.7 cm³/mol. The van der Waals surface area contributed by atoms with Crippen molar-refractivity contribution < 1.29 is 4.79 Å². The highest BCUT2D eigenvalue weighted by molar-refractivity contribution is 6.34. The number of halogens is 1. The van der Waals surface area contributed by atoms with E-state index in [1.165, 1.54) is 0 Å². The summed E-state index contributed by atoms with van der Waals surface area (Å²) in [6, 6.07) is 5.64. The number of amides is 1. The molecule has 1 atom stereocenters. The van der Waals surface area contributed by atoms with Crippen LogP contribution < -0.4 is 5.32 Å². The maximum Gasteiger partial charge on any atom is 0.232 e. The molecule has 1 heterocycles. The molecule has 0 fully saturated rings. The average Bonchev–Trinajstić information content (AvgIpc) is 2.42. The number of rotatable bonds is 1. The van der Waals surface area contributed by atoms with Gasteiger partial charge in [0.05, 0.1) is 16.6 Å². The van der Waals surface area contributed by atoms with Crippen LogP contribution in [0.15, 0.2) is 18.2 Å². The third-order valence-electron chi connectivity index (χ3n) is 2.58. The Morgan fingerprint density at radius 3 is 2.79 bits per heavy atom. The van der Waals surface area contributed by atoms with Gasteiger partial charge < -0.3 is 5.32 Å². The molecule has 1 aliphatic rings. The van der Waals surface area contributed by atoms with Crippen LogP contribution in [0.5, 0.6) is 0 Å². The Hall–Kier alpha value is -1.02. The van der Waals surface area contributed by atoms with Gasteiger partial charge in [0.25, 0.3) is 0 Å². The van der Waals surface area contributed by atoms with E-state index in [0.29, 0.717) is 10.9 Å². The first-order valence-electron chi connectivity index (χ1n) is 4.70. The molecule has 74 valence electrons. The van der Waals surface area contributed by atoms with Crippen molar-refractivity contribution in [1.82, 2.24) is 0 Å². The summed E-state index contributed by atoms with van der Waals surface area (Å²) in [5, 5.41) is 3.45. The first-order chi connectivity index (χ1) is 6.61. The normalized spacial score (nSPS) is 19.7. The Morgan fingerprint density at radius 2 is 2.14 bits per heavy atom. The summed E-state index contributed by atoms with van der Waals surface area (Å²) in [4.78, 5) is 11.7. The van der Waals surface area contributed by atoms with Gasteiger partial charge in [-0.3, -0.25) is 4.79 Å². The summed E-state index contributed by atoms with van der Waals surface area (Å²) in [7, 11) is 0. The topological polar surface area (TPSA) is 29.1 Å². The van der Waals surface area contributed by atoms with Crippen molar-refractivity contribution in [3.05, 3.63) is 28.8 Å². The molecule has 14 heavy (non-hydrogen) atoms. The number of para-hydroxylation sites is 1. The molecule has 2 nitrogen and oxygen atoms in total. The van der Waals surface area contributed by atoms with Crippen molar-refractivity contribution in [2.75, 3.05) is 5.32 Å². The number of carbonyl (C=O) groups is 1. The Labute approximate surface area is 88.3 Å². The van der Waals surface area contributed by atoms with Gasteiger partial charge in [0.15, 0.2) is 0 Å². The van der Waals surface area contributed by atoms with Gasteiger partial charge in [0.2, 0.25) is 5.91 Å². The highest BCUT2D eigenvalue weighted by Gasteiger charge is 2.33. The second kappa shape index (κ2) is 3.28. The standard InChI is InChI=1S/C11H12ClNO/c1-6(2)9-7-4-3-5-8(12)10(7)13-11(9)14/h3-6,9H,1-2H3,(H,13,14). The molecule has 1 amide bonds.